The molecule has 20 heavy (non-hydrogen) atoms. The van der Waals surface area contributed by atoms with Crippen LogP contribution in [-0.4, -0.2) is 20.6 Å². The monoisotopic (exact) mass is 273 g/mol. The van der Waals surface area contributed by atoms with Crippen LogP contribution in [0.1, 0.15) is 24.7 Å². The Labute approximate surface area is 118 Å². The lowest BCUT2D eigenvalue weighted by Crippen LogP contribution is -2.12. The smallest absolute Gasteiger partial charge is 0.164 e. The fourth-order valence-electron chi connectivity index (χ4n) is 1.87. The van der Waals surface area contributed by atoms with Crippen molar-refractivity contribution in [1.82, 2.24) is 14.8 Å². The van der Waals surface area contributed by atoms with Gasteiger partial charge in [0.2, 0.25) is 0 Å². The van der Waals surface area contributed by atoms with E-state index in [2.05, 4.69) is 17.0 Å². The average Bonchev–Trinajstić information content (AvgIpc) is 2.85. The van der Waals surface area contributed by atoms with Crippen LogP contribution in [0, 0.1) is 5.41 Å². The Morgan fingerprint density at radius 2 is 2.10 bits per heavy atom. The third kappa shape index (κ3) is 3.81. The molecule has 0 bridgehead atoms. The lowest BCUT2D eigenvalue weighted by atomic mass is 10.1. The van der Waals surface area contributed by atoms with Crippen molar-refractivity contribution in [1.29, 1.82) is 5.41 Å². The summed E-state index contributed by atoms with van der Waals surface area (Å²) in [5, 5.41) is 11.4. The maximum atomic E-state index is 7.25. The third-order valence-corrected chi connectivity index (χ3v) is 2.82. The van der Waals surface area contributed by atoms with Gasteiger partial charge in [0, 0.05) is 13.0 Å². The van der Waals surface area contributed by atoms with E-state index in [-0.39, 0.29) is 5.84 Å². The number of rotatable bonds is 7. The Hall–Kier alpha value is -2.37. The zero-order chi connectivity index (χ0) is 14.4. The predicted octanol–water partition coefficient (Wildman–Crippen LogP) is 1.75. The third-order valence-electron chi connectivity index (χ3n) is 2.82. The Kier molecular flexibility index (Phi) is 4.70. The first-order valence-corrected chi connectivity index (χ1v) is 6.60. The average molecular weight is 273 g/mol. The van der Waals surface area contributed by atoms with Gasteiger partial charge in [-0.2, -0.15) is 5.10 Å². The molecule has 1 aromatic carbocycles. The summed E-state index contributed by atoms with van der Waals surface area (Å²) in [6.45, 7) is 3.34. The van der Waals surface area contributed by atoms with E-state index < -0.39 is 0 Å². The fourth-order valence-corrected chi connectivity index (χ4v) is 1.87. The van der Waals surface area contributed by atoms with Crippen LogP contribution in [0.15, 0.2) is 30.6 Å². The molecule has 106 valence electrons. The summed E-state index contributed by atoms with van der Waals surface area (Å²) in [5.41, 5.74) is 6.36. The largest absolute Gasteiger partial charge is 0.486 e. The molecule has 1 aromatic heterocycles. The SMILES string of the molecule is CCCn1ncnc1COc1ccc(CC(=N)N)cc1. The number of aromatic nitrogens is 3. The number of nitrogens with one attached hydrogen (secondary N) is 1. The van der Waals surface area contributed by atoms with E-state index in [1.54, 1.807) is 6.33 Å². The van der Waals surface area contributed by atoms with Crippen LogP contribution in [0.4, 0.5) is 0 Å². The maximum absolute atomic E-state index is 7.25. The number of nitrogens with zero attached hydrogens (tertiary/aromatic N) is 3. The van der Waals surface area contributed by atoms with Crippen molar-refractivity contribution in [2.75, 3.05) is 0 Å². The molecule has 0 aliphatic heterocycles. The molecule has 6 heteroatoms. The van der Waals surface area contributed by atoms with Gasteiger partial charge in [-0.3, -0.25) is 5.41 Å². The minimum atomic E-state index is 0.159. The van der Waals surface area contributed by atoms with Gasteiger partial charge in [-0.05, 0) is 24.1 Å². The Morgan fingerprint density at radius 1 is 1.35 bits per heavy atom. The van der Waals surface area contributed by atoms with Crippen LogP contribution < -0.4 is 10.5 Å². The lowest BCUT2D eigenvalue weighted by molar-refractivity contribution is 0.286. The molecule has 2 rings (SSSR count). The van der Waals surface area contributed by atoms with Crippen molar-refractivity contribution in [2.45, 2.75) is 32.9 Å². The first-order valence-electron chi connectivity index (χ1n) is 6.60. The molecule has 0 saturated heterocycles. The van der Waals surface area contributed by atoms with Crippen LogP contribution >= 0.6 is 0 Å². The minimum Gasteiger partial charge on any atom is -0.486 e. The first-order chi connectivity index (χ1) is 9.69. The van der Waals surface area contributed by atoms with Gasteiger partial charge in [0.05, 0.1) is 5.84 Å². The highest BCUT2D eigenvalue weighted by Crippen LogP contribution is 2.14. The van der Waals surface area contributed by atoms with Gasteiger partial charge in [-0.15, -0.1) is 0 Å². The molecule has 0 aliphatic rings. The van der Waals surface area contributed by atoms with Gasteiger partial charge in [-0.25, -0.2) is 9.67 Å². The molecule has 0 aliphatic carbocycles. The molecule has 0 amide bonds. The first kappa shape index (κ1) is 14.0. The van der Waals surface area contributed by atoms with Crippen molar-refractivity contribution in [3.63, 3.8) is 0 Å². The second-order valence-electron chi connectivity index (χ2n) is 4.53. The van der Waals surface area contributed by atoms with Crippen LogP contribution in [0.5, 0.6) is 5.75 Å². The molecule has 1 heterocycles. The number of ether oxygens (including phenoxy) is 1. The van der Waals surface area contributed by atoms with Crippen LogP contribution in [0.25, 0.3) is 0 Å². The molecular weight excluding hydrogens is 254 g/mol. The molecule has 2 aromatic rings. The summed E-state index contributed by atoms with van der Waals surface area (Å²) in [4.78, 5) is 4.19. The normalized spacial score (nSPS) is 10.4. The zero-order valence-corrected chi connectivity index (χ0v) is 11.5. The second-order valence-corrected chi connectivity index (χ2v) is 4.53. The van der Waals surface area contributed by atoms with E-state index in [1.807, 2.05) is 28.9 Å². The van der Waals surface area contributed by atoms with Crippen molar-refractivity contribution < 1.29 is 4.74 Å². The number of hydrogen-bond donors (Lipinski definition) is 2. The number of hydrogen-bond acceptors (Lipinski definition) is 4. The van der Waals surface area contributed by atoms with E-state index in [9.17, 15) is 0 Å². The van der Waals surface area contributed by atoms with E-state index in [0.29, 0.717) is 13.0 Å². The van der Waals surface area contributed by atoms with Crippen molar-refractivity contribution in [3.05, 3.63) is 42.0 Å². The molecule has 0 spiro atoms. The van der Waals surface area contributed by atoms with Gasteiger partial charge in [0.1, 0.15) is 18.7 Å². The summed E-state index contributed by atoms with van der Waals surface area (Å²) < 4.78 is 7.54. The zero-order valence-electron chi connectivity index (χ0n) is 11.5. The quantitative estimate of drug-likeness (QED) is 0.594. The molecule has 0 radical (unpaired) electrons. The van der Waals surface area contributed by atoms with E-state index >= 15 is 0 Å². The molecular formula is C14H19N5O. The molecule has 0 unspecified atom stereocenters. The summed E-state index contributed by atoms with van der Waals surface area (Å²) in [5.74, 6) is 1.74. The van der Waals surface area contributed by atoms with Crippen molar-refractivity contribution >= 4 is 5.84 Å². The molecule has 0 atom stereocenters. The van der Waals surface area contributed by atoms with Gasteiger partial charge in [0.25, 0.3) is 0 Å². The summed E-state index contributed by atoms with van der Waals surface area (Å²) in [7, 11) is 0. The Morgan fingerprint density at radius 3 is 2.75 bits per heavy atom. The minimum absolute atomic E-state index is 0.159. The Bertz CT molecular complexity index is 561. The number of amidine groups is 1. The highest BCUT2D eigenvalue weighted by Gasteiger charge is 2.04. The predicted molar refractivity (Wildman–Crippen MR) is 76.7 cm³/mol. The maximum Gasteiger partial charge on any atom is 0.164 e. The number of nitrogens with two attached hydrogens (primary N) is 1. The highest BCUT2D eigenvalue weighted by atomic mass is 16.5. The Balaban J connectivity index is 1.93. The topological polar surface area (TPSA) is 89.8 Å². The van der Waals surface area contributed by atoms with Crippen LogP contribution in [0.3, 0.4) is 0 Å². The van der Waals surface area contributed by atoms with Crippen LogP contribution in [0.2, 0.25) is 0 Å². The van der Waals surface area contributed by atoms with Gasteiger partial charge < -0.3 is 10.5 Å². The van der Waals surface area contributed by atoms with Crippen LogP contribution in [-0.2, 0) is 19.6 Å². The molecule has 0 saturated carbocycles. The van der Waals surface area contributed by atoms with E-state index in [4.69, 9.17) is 15.9 Å². The lowest BCUT2D eigenvalue weighted by Gasteiger charge is -2.08. The highest BCUT2D eigenvalue weighted by molar-refractivity contribution is 5.79. The van der Waals surface area contributed by atoms with E-state index in [1.165, 1.54) is 0 Å². The number of aryl methyl sites for hydroxylation is 1. The summed E-state index contributed by atoms with van der Waals surface area (Å²) >= 11 is 0. The summed E-state index contributed by atoms with van der Waals surface area (Å²) in [6.07, 6.45) is 3.02. The molecule has 0 fully saturated rings. The van der Waals surface area contributed by atoms with E-state index in [0.717, 1.165) is 30.1 Å². The second kappa shape index (κ2) is 6.70. The molecule has 3 N–H and O–H groups in total. The van der Waals surface area contributed by atoms with Gasteiger partial charge >= 0.3 is 0 Å². The fraction of sp³-hybridized carbons (Fsp3) is 0.357. The summed E-state index contributed by atoms with van der Waals surface area (Å²) in [6, 6.07) is 7.57. The van der Waals surface area contributed by atoms with Gasteiger partial charge in [-0.1, -0.05) is 19.1 Å². The van der Waals surface area contributed by atoms with Gasteiger partial charge in [0.15, 0.2) is 5.82 Å². The standard InChI is InChI=1S/C14H19N5O/c1-2-7-19-14(17-10-18-19)9-20-12-5-3-11(4-6-12)8-13(15)16/h3-6,10H,2,7-9H2,1H3,(H3,15,16). The van der Waals surface area contributed by atoms with Crippen molar-refractivity contribution in [3.8, 4) is 5.75 Å². The molecule has 6 nitrogen and oxygen atoms in total. The van der Waals surface area contributed by atoms with Crippen molar-refractivity contribution in [2.24, 2.45) is 5.73 Å². The number of benzene rings is 1.